The van der Waals surface area contributed by atoms with Crippen molar-refractivity contribution in [1.29, 1.82) is 0 Å². The Morgan fingerprint density at radius 3 is 2.85 bits per heavy atom. The van der Waals surface area contributed by atoms with Crippen LogP contribution in [0.1, 0.15) is 39.0 Å². The van der Waals surface area contributed by atoms with Gasteiger partial charge in [-0.05, 0) is 29.7 Å². The van der Waals surface area contributed by atoms with E-state index in [1.807, 2.05) is 5.38 Å². The van der Waals surface area contributed by atoms with Crippen molar-refractivity contribution in [2.75, 3.05) is 17.3 Å². The third-order valence-corrected chi connectivity index (χ3v) is 5.00. The van der Waals surface area contributed by atoms with Crippen molar-refractivity contribution in [2.45, 2.75) is 39.0 Å². The molecule has 20 heavy (non-hydrogen) atoms. The quantitative estimate of drug-likeness (QED) is 0.595. The Balaban J connectivity index is 1.81. The number of hydrogen-bond donors (Lipinski definition) is 3. The fraction of sp³-hybridized carbons (Fsp3) is 0.571. The molecule has 6 heteroatoms. The molecule has 5 nitrogen and oxygen atoms in total. The molecule has 0 amide bonds. The van der Waals surface area contributed by atoms with E-state index in [1.54, 1.807) is 11.3 Å². The Kier molecular flexibility index (Phi) is 3.76. The van der Waals surface area contributed by atoms with E-state index in [-0.39, 0.29) is 0 Å². The largest absolute Gasteiger partial charge is 0.369 e. The van der Waals surface area contributed by atoms with Gasteiger partial charge >= 0.3 is 0 Å². The highest BCUT2D eigenvalue weighted by Crippen LogP contribution is 2.36. The molecule has 0 bridgehead atoms. The molecule has 0 aromatic carbocycles. The first-order chi connectivity index (χ1) is 9.70. The molecule has 2 heterocycles. The average Bonchev–Trinajstić information content (AvgIpc) is 2.93. The third kappa shape index (κ3) is 2.71. The van der Waals surface area contributed by atoms with Crippen molar-refractivity contribution in [2.24, 2.45) is 11.3 Å². The summed E-state index contributed by atoms with van der Waals surface area (Å²) in [6.07, 6.45) is 6.63. The zero-order valence-corrected chi connectivity index (χ0v) is 12.6. The van der Waals surface area contributed by atoms with Gasteiger partial charge in [0.05, 0.1) is 5.39 Å². The molecule has 0 saturated heterocycles. The van der Waals surface area contributed by atoms with Crippen molar-refractivity contribution in [3.05, 3.63) is 11.4 Å². The second kappa shape index (κ2) is 5.54. The third-order valence-electron chi connectivity index (χ3n) is 4.20. The number of nitrogens with zero attached hydrogens (tertiary/aromatic N) is 2. The summed E-state index contributed by atoms with van der Waals surface area (Å²) in [5.74, 6) is 6.80. The number of thiophene rings is 1. The minimum absolute atomic E-state index is 0.377. The first kappa shape index (κ1) is 13.6. The summed E-state index contributed by atoms with van der Waals surface area (Å²) in [5, 5.41) is 6.63. The first-order valence-corrected chi connectivity index (χ1v) is 8.04. The molecule has 0 radical (unpaired) electrons. The van der Waals surface area contributed by atoms with Gasteiger partial charge in [-0.1, -0.05) is 26.2 Å². The van der Waals surface area contributed by atoms with E-state index in [0.717, 1.165) is 22.6 Å². The van der Waals surface area contributed by atoms with Crippen molar-refractivity contribution in [3.63, 3.8) is 0 Å². The van der Waals surface area contributed by atoms with Crippen LogP contribution in [-0.2, 0) is 0 Å². The maximum absolute atomic E-state index is 5.45. The maximum Gasteiger partial charge on any atom is 0.240 e. The Morgan fingerprint density at radius 1 is 1.30 bits per heavy atom. The maximum atomic E-state index is 5.45. The molecule has 1 fully saturated rings. The molecular formula is C14H21N5S. The van der Waals surface area contributed by atoms with Gasteiger partial charge in [-0.15, -0.1) is 11.3 Å². The molecule has 4 N–H and O–H groups in total. The zero-order valence-electron chi connectivity index (χ0n) is 11.8. The van der Waals surface area contributed by atoms with Gasteiger partial charge in [0.2, 0.25) is 5.95 Å². The zero-order chi connectivity index (χ0) is 14.0. The molecule has 1 saturated carbocycles. The summed E-state index contributed by atoms with van der Waals surface area (Å²) in [6, 6.07) is 2.06. The molecule has 2 aromatic heterocycles. The lowest BCUT2D eigenvalue weighted by Crippen LogP contribution is -2.29. The molecule has 0 spiro atoms. The summed E-state index contributed by atoms with van der Waals surface area (Å²) >= 11 is 1.60. The standard InChI is InChI=1S/C14H21N5S/c1-14(6-3-2-4-7-14)9-16-11-10-5-8-20-12(10)18-13(17-11)19-15/h5,8H,2-4,6-7,9,15H2,1H3,(H2,16,17,18,19). The normalized spacial score (nSPS) is 18.1. The average molecular weight is 291 g/mol. The fourth-order valence-electron chi connectivity index (χ4n) is 2.93. The van der Waals surface area contributed by atoms with Crippen molar-refractivity contribution in [1.82, 2.24) is 9.97 Å². The smallest absolute Gasteiger partial charge is 0.240 e. The number of aromatic nitrogens is 2. The number of rotatable bonds is 4. The topological polar surface area (TPSA) is 75.9 Å². The van der Waals surface area contributed by atoms with Crippen molar-refractivity contribution >= 4 is 33.3 Å². The van der Waals surface area contributed by atoms with Crippen LogP contribution in [-0.4, -0.2) is 16.5 Å². The molecular weight excluding hydrogens is 270 g/mol. The van der Waals surface area contributed by atoms with Gasteiger partial charge in [-0.25, -0.2) is 10.8 Å². The molecule has 2 aromatic rings. The van der Waals surface area contributed by atoms with Gasteiger partial charge in [0, 0.05) is 6.54 Å². The van der Waals surface area contributed by atoms with Gasteiger partial charge in [0.15, 0.2) is 0 Å². The molecule has 0 atom stereocenters. The van der Waals surface area contributed by atoms with Gasteiger partial charge in [0.1, 0.15) is 10.6 Å². The van der Waals surface area contributed by atoms with E-state index in [2.05, 4.69) is 33.7 Å². The number of hydrazine groups is 1. The fourth-order valence-corrected chi connectivity index (χ4v) is 3.70. The second-order valence-electron chi connectivity index (χ2n) is 5.90. The lowest BCUT2D eigenvalue weighted by Gasteiger charge is -2.33. The van der Waals surface area contributed by atoms with Crippen LogP contribution < -0.4 is 16.6 Å². The van der Waals surface area contributed by atoms with Gasteiger partial charge in [-0.2, -0.15) is 4.98 Å². The first-order valence-electron chi connectivity index (χ1n) is 7.16. The number of nitrogens with two attached hydrogens (primary N) is 1. The van der Waals surface area contributed by atoms with Crippen molar-refractivity contribution < 1.29 is 0 Å². The van der Waals surface area contributed by atoms with Crippen LogP contribution in [0.25, 0.3) is 10.2 Å². The Bertz CT molecular complexity index is 588. The van der Waals surface area contributed by atoms with Gasteiger partial charge < -0.3 is 5.32 Å². The van der Waals surface area contributed by atoms with E-state index in [1.165, 1.54) is 32.1 Å². The monoisotopic (exact) mass is 291 g/mol. The lowest BCUT2D eigenvalue weighted by atomic mass is 9.76. The van der Waals surface area contributed by atoms with E-state index in [0.29, 0.717) is 11.4 Å². The van der Waals surface area contributed by atoms with Crippen LogP contribution in [0.2, 0.25) is 0 Å². The van der Waals surface area contributed by atoms with Crippen molar-refractivity contribution in [3.8, 4) is 0 Å². The van der Waals surface area contributed by atoms with Gasteiger partial charge in [-0.3, -0.25) is 5.43 Å². The number of nitrogen functional groups attached to an aromatic ring is 1. The summed E-state index contributed by atoms with van der Waals surface area (Å²) in [5.41, 5.74) is 2.92. The van der Waals surface area contributed by atoms with Crippen LogP contribution in [0.3, 0.4) is 0 Å². The van der Waals surface area contributed by atoms with E-state index < -0.39 is 0 Å². The van der Waals surface area contributed by atoms with Crippen LogP contribution >= 0.6 is 11.3 Å². The summed E-state index contributed by atoms with van der Waals surface area (Å²) in [7, 11) is 0. The minimum atomic E-state index is 0.377. The predicted molar refractivity (Wildman–Crippen MR) is 84.9 cm³/mol. The van der Waals surface area contributed by atoms with Crippen LogP contribution in [0, 0.1) is 5.41 Å². The number of anilines is 2. The van der Waals surface area contributed by atoms with Crippen LogP contribution in [0.15, 0.2) is 11.4 Å². The molecule has 3 rings (SSSR count). The molecule has 1 aliphatic rings. The Morgan fingerprint density at radius 2 is 2.10 bits per heavy atom. The molecule has 1 aliphatic carbocycles. The molecule has 0 unspecified atom stereocenters. The summed E-state index contributed by atoms with van der Waals surface area (Å²) in [6.45, 7) is 3.33. The highest BCUT2D eigenvalue weighted by Gasteiger charge is 2.26. The summed E-state index contributed by atoms with van der Waals surface area (Å²) in [4.78, 5) is 9.78. The lowest BCUT2D eigenvalue weighted by molar-refractivity contribution is 0.233. The number of hydrogen-bond acceptors (Lipinski definition) is 6. The minimum Gasteiger partial charge on any atom is -0.369 e. The van der Waals surface area contributed by atoms with E-state index >= 15 is 0 Å². The Hall–Kier alpha value is -1.40. The van der Waals surface area contributed by atoms with Crippen LogP contribution in [0.4, 0.5) is 11.8 Å². The molecule has 0 aliphatic heterocycles. The number of nitrogens with one attached hydrogen (secondary N) is 2. The van der Waals surface area contributed by atoms with E-state index in [4.69, 9.17) is 5.84 Å². The SMILES string of the molecule is CC1(CNc2nc(NN)nc3sccc23)CCCCC1. The second-order valence-corrected chi connectivity index (χ2v) is 6.80. The highest BCUT2D eigenvalue weighted by atomic mass is 32.1. The van der Waals surface area contributed by atoms with E-state index in [9.17, 15) is 0 Å². The predicted octanol–water partition coefficient (Wildman–Crippen LogP) is 3.36. The molecule has 108 valence electrons. The number of fused-ring (bicyclic) bond motifs is 1. The summed E-state index contributed by atoms with van der Waals surface area (Å²) < 4.78 is 0. The van der Waals surface area contributed by atoms with Gasteiger partial charge in [0.25, 0.3) is 0 Å². The Labute approximate surface area is 123 Å². The highest BCUT2D eigenvalue weighted by molar-refractivity contribution is 7.16. The van der Waals surface area contributed by atoms with Crippen LogP contribution in [0.5, 0.6) is 0 Å².